The molecule has 1 fully saturated rings. The molecule has 3 heterocycles. The maximum Gasteiger partial charge on any atom is 0.163 e. The third kappa shape index (κ3) is 5.63. The average molecular weight is 601 g/mol. The number of aromatic nitrogens is 3. The Balaban J connectivity index is 1.52. The quantitative estimate of drug-likeness (QED) is 0.195. The van der Waals surface area contributed by atoms with Gasteiger partial charge in [0.2, 0.25) is 0 Å². The molecule has 0 bridgehead atoms. The topological polar surface area (TPSA) is 60.2 Å². The van der Waals surface area contributed by atoms with Gasteiger partial charge in [-0.15, -0.1) is 11.3 Å². The van der Waals surface area contributed by atoms with E-state index < -0.39 is 11.7 Å². The van der Waals surface area contributed by atoms with Crippen molar-refractivity contribution in [3.63, 3.8) is 0 Å². The number of Topliss-reactive ketones (excluding diaryl/α,β-unsaturated/α-hetero) is 1. The largest absolute Gasteiger partial charge is 0.360 e. The summed E-state index contributed by atoms with van der Waals surface area (Å²) >= 11 is 7.94. The standard InChI is InChI=1S/C34H37ClN4O2S/c1-20-17-27-32(30(22-7-10-24(35)11-8-22)29(20)31(21(2)40)41-34(3,4)5)42-33(37-27)23-9-12-26-28(18-23)39(19-36-26)25-13-15-38(6)16-14-25/h7-12,17-19,25,31H,13-16H2,1-6H3/t31-/m1/s1. The third-order valence-corrected chi connectivity index (χ3v) is 9.46. The van der Waals surface area contributed by atoms with Crippen LogP contribution in [0.25, 0.3) is 42.9 Å². The zero-order chi connectivity index (χ0) is 29.8. The monoisotopic (exact) mass is 600 g/mol. The van der Waals surface area contributed by atoms with Crippen LogP contribution in [-0.2, 0) is 9.53 Å². The summed E-state index contributed by atoms with van der Waals surface area (Å²) in [6.45, 7) is 11.8. The van der Waals surface area contributed by atoms with E-state index in [2.05, 4.69) is 40.8 Å². The summed E-state index contributed by atoms with van der Waals surface area (Å²) in [4.78, 5) is 25.3. The molecule has 0 unspecified atom stereocenters. The van der Waals surface area contributed by atoms with Gasteiger partial charge in [-0.05, 0) is 115 Å². The second-order valence-corrected chi connectivity index (χ2v) is 13.9. The highest BCUT2D eigenvalue weighted by molar-refractivity contribution is 7.22. The minimum Gasteiger partial charge on any atom is -0.360 e. The first kappa shape index (κ1) is 29.0. The number of imidazole rings is 1. The van der Waals surface area contributed by atoms with Crippen molar-refractivity contribution < 1.29 is 9.53 Å². The van der Waals surface area contributed by atoms with E-state index in [0.717, 1.165) is 80.0 Å². The Morgan fingerprint density at radius 1 is 1.05 bits per heavy atom. The summed E-state index contributed by atoms with van der Waals surface area (Å²) in [5.74, 6) is -0.0278. The number of rotatable bonds is 6. The summed E-state index contributed by atoms with van der Waals surface area (Å²) in [5.41, 5.74) is 7.44. The lowest BCUT2D eigenvalue weighted by molar-refractivity contribution is -0.138. The molecule has 1 aliphatic heterocycles. The molecule has 1 saturated heterocycles. The molecule has 0 saturated carbocycles. The molecule has 8 heteroatoms. The Morgan fingerprint density at radius 3 is 2.40 bits per heavy atom. The fraction of sp³-hybridized carbons (Fsp3) is 0.382. The Labute approximate surface area is 256 Å². The summed E-state index contributed by atoms with van der Waals surface area (Å²) in [7, 11) is 2.19. The molecule has 0 amide bonds. The number of halogens is 1. The molecule has 0 N–H and O–H groups in total. The summed E-state index contributed by atoms with van der Waals surface area (Å²) in [5, 5.41) is 1.60. The first-order valence-electron chi connectivity index (χ1n) is 14.5. The molecular weight excluding hydrogens is 564 g/mol. The van der Waals surface area contributed by atoms with Gasteiger partial charge in [0.15, 0.2) is 5.78 Å². The average Bonchev–Trinajstić information content (AvgIpc) is 3.55. The van der Waals surface area contributed by atoms with Crippen molar-refractivity contribution in [2.75, 3.05) is 20.1 Å². The number of thiazole rings is 1. The van der Waals surface area contributed by atoms with Crippen molar-refractivity contribution in [3.8, 4) is 21.7 Å². The number of piperidine rings is 1. The highest BCUT2D eigenvalue weighted by atomic mass is 35.5. The van der Waals surface area contributed by atoms with E-state index in [1.165, 1.54) is 0 Å². The number of fused-ring (bicyclic) bond motifs is 2. The van der Waals surface area contributed by atoms with Crippen molar-refractivity contribution in [1.82, 2.24) is 19.4 Å². The molecule has 6 nitrogen and oxygen atoms in total. The molecule has 1 aliphatic rings. The van der Waals surface area contributed by atoms with E-state index in [1.54, 1.807) is 18.3 Å². The Hall–Kier alpha value is -3.10. The van der Waals surface area contributed by atoms with Crippen LogP contribution in [0.2, 0.25) is 5.02 Å². The lowest BCUT2D eigenvalue weighted by Gasteiger charge is -2.30. The summed E-state index contributed by atoms with van der Waals surface area (Å²) in [6, 6.07) is 16.8. The van der Waals surface area contributed by atoms with Crippen LogP contribution in [0.4, 0.5) is 0 Å². The van der Waals surface area contributed by atoms with E-state index in [1.807, 2.05) is 58.3 Å². The van der Waals surface area contributed by atoms with Crippen molar-refractivity contribution >= 4 is 50.0 Å². The molecular formula is C34H37ClN4O2S. The van der Waals surface area contributed by atoms with Crippen LogP contribution in [0, 0.1) is 6.92 Å². The van der Waals surface area contributed by atoms with Crippen LogP contribution < -0.4 is 0 Å². The number of aryl methyl sites for hydroxylation is 1. The van der Waals surface area contributed by atoms with Crippen LogP contribution in [0.3, 0.4) is 0 Å². The number of ether oxygens (including phenoxy) is 1. The Kier molecular flexibility index (Phi) is 7.73. The fourth-order valence-electron chi connectivity index (χ4n) is 6.00. The van der Waals surface area contributed by atoms with Gasteiger partial charge in [-0.1, -0.05) is 23.7 Å². The smallest absolute Gasteiger partial charge is 0.163 e. The van der Waals surface area contributed by atoms with Gasteiger partial charge in [0, 0.05) is 27.8 Å². The van der Waals surface area contributed by atoms with E-state index in [9.17, 15) is 4.79 Å². The van der Waals surface area contributed by atoms with Gasteiger partial charge in [-0.3, -0.25) is 4.79 Å². The number of carbonyl (C=O) groups is 1. The first-order chi connectivity index (χ1) is 20.0. The number of benzene rings is 3. The zero-order valence-electron chi connectivity index (χ0n) is 25.1. The second kappa shape index (κ2) is 11.2. The van der Waals surface area contributed by atoms with E-state index in [-0.39, 0.29) is 5.78 Å². The lowest BCUT2D eigenvalue weighted by Crippen LogP contribution is -2.31. The SMILES string of the molecule is CC(=O)[C@@H](OC(C)(C)C)c1c(C)cc2nc(-c3ccc4ncn(C5CCN(C)CC5)c4c3)sc2c1-c1ccc(Cl)cc1. The van der Waals surface area contributed by atoms with Crippen LogP contribution in [-0.4, -0.2) is 51.0 Å². The molecule has 218 valence electrons. The number of hydrogen-bond acceptors (Lipinski definition) is 6. The highest BCUT2D eigenvalue weighted by Crippen LogP contribution is 2.45. The molecule has 2 aromatic heterocycles. The lowest BCUT2D eigenvalue weighted by atomic mass is 9.90. The maximum atomic E-state index is 13.1. The molecule has 1 atom stereocenters. The molecule has 0 spiro atoms. The van der Waals surface area contributed by atoms with Gasteiger partial charge in [0.1, 0.15) is 11.1 Å². The van der Waals surface area contributed by atoms with E-state index >= 15 is 0 Å². The first-order valence-corrected chi connectivity index (χ1v) is 15.7. The van der Waals surface area contributed by atoms with Crippen molar-refractivity contribution in [2.24, 2.45) is 0 Å². The molecule has 0 aliphatic carbocycles. The third-order valence-electron chi connectivity index (χ3n) is 8.07. The Bertz CT molecular complexity index is 1780. The second-order valence-electron chi connectivity index (χ2n) is 12.5. The molecule has 3 aromatic carbocycles. The van der Waals surface area contributed by atoms with Crippen molar-refractivity contribution in [1.29, 1.82) is 0 Å². The molecule has 0 radical (unpaired) electrons. The van der Waals surface area contributed by atoms with Crippen LogP contribution >= 0.6 is 22.9 Å². The maximum absolute atomic E-state index is 13.1. The predicted octanol–water partition coefficient (Wildman–Crippen LogP) is 8.65. The number of nitrogens with zero attached hydrogens (tertiary/aromatic N) is 4. The molecule has 5 aromatic rings. The van der Waals surface area contributed by atoms with Gasteiger partial charge >= 0.3 is 0 Å². The minimum absolute atomic E-state index is 0.0278. The molecule has 6 rings (SSSR count). The van der Waals surface area contributed by atoms with Gasteiger partial charge < -0.3 is 14.2 Å². The predicted molar refractivity (Wildman–Crippen MR) is 174 cm³/mol. The van der Waals surface area contributed by atoms with Gasteiger partial charge in [0.05, 0.1) is 33.2 Å². The number of ketones is 1. The van der Waals surface area contributed by atoms with Gasteiger partial charge in [0.25, 0.3) is 0 Å². The zero-order valence-corrected chi connectivity index (χ0v) is 26.6. The number of likely N-dealkylation sites (tertiary alicyclic amines) is 1. The van der Waals surface area contributed by atoms with Crippen molar-refractivity contribution in [3.05, 3.63) is 71.0 Å². The van der Waals surface area contributed by atoms with Gasteiger partial charge in [-0.2, -0.15) is 0 Å². The Morgan fingerprint density at radius 2 is 1.74 bits per heavy atom. The molecule has 42 heavy (non-hydrogen) atoms. The van der Waals surface area contributed by atoms with E-state index in [0.29, 0.717) is 11.1 Å². The van der Waals surface area contributed by atoms with Crippen LogP contribution in [0.1, 0.15) is 63.8 Å². The fourth-order valence-corrected chi connectivity index (χ4v) is 7.24. The van der Waals surface area contributed by atoms with Crippen molar-refractivity contribution in [2.45, 2.75) is 65.2 Å². The summed E-state index contributed by atoms with van der Waals surface area (Å²) < 4.78 is 9.78. The van der Waals surface area contributed by atoms with Crippen LogP contribution in [0.5, 0.6) is 0 Å². The van der Waals surface area contributed by atoms with Crippen LogP contribution in [0.15, 0.2) is 54.9 Å². The van der Waals surface area contributed by atoms with E-state index in [4.69, 9.17) is 26.3 Å². The highest BCUT2D eigenvalue weighted by Gasteiger charge is 2.30. The number of carbonyl (C=O) groups excluding carboxylic acids is 1. The minimum atomic E-state index is -0.703. The van der Waals surface area contributed by atoms with Gasteiger partial charge in [-0.25, -0.2) is 9.97 Å². The normalized spacial score (nSPS) is 16.0. The number of hydrogen-bond donors (Lipinski definition) is 0. The summed E-state index contributed by atoms with van der Waals surface area (Å²) in [6.07, 6.45) is 3.53.